The van der Waals surface area contributed by atoms with Gasteiger partial charge in [-0.1, -0.05) is 11.2 Å². The van der Waals surface area contributed by atoms with Crippen molar-refractivity contribution in [2.45, 2.75) is 6.61 Å². The molecule has 0 saturated heterocycles. The number of hydrogen-bond donors (Lipinski definition) is 1. The molecule has 2 aromatic heterocycles. The van der Waals surface area contributed by atoms with Gasteiger partial charge in [0.1, 0.15) is 12.4 Å². The SMILES string of the molecule is CSCCNC(=O)c1cc(COc2ccc3ncccc3c2)on1. The summed E-state index contributed by atoms with van der Waals surface area (Å²) >= 11 is 1.67. The molecule has 0 bridgehead atoms. The minimum Gasteiger partial charge on any atom is -0.486 e. The van der Waals surface area contributed by atoms with Crippen LogP contribution in [0.1, 0.15) is 16.2 Å². The summed E-state index contributed by atoms with van der Waals surface area (Å²) in [5, 5.41) is 7.55. The van der Waals surface area contributed by atoms with E-state index in [2.05, 4.69) is 15.5 Å². The number of carbonyl (C=O) groups excluding carboxylic acids is 1. The summed E-state index contributed by atoms with van der Waals surface area (Å²) in [4.78, 5) is 16.1. The number of carbonyl (C=O) groups is 1. The fraction of sp³-hybridized carbons (Fsp3) is 0.235. The van der Waals surface area contributed by atoms with Gasteiger partial charge in [0.2, 0.25) is 0 Å². The average molecular weight is 343 g/mol. The molecule has 0 radical (unpaired) electrons. The Kier molecular flexibility index (Phi) is 5.32. The Bertz CT molecular complexity index is 835. The van der Waals surface area contributed by atoms with E-state index in [9.17, 15) is 4.79 Å². The van der Waals surface area contributed by atoms with Crippen molar-refractivity contribution in [1.82, 2.24) is 15.5 Å². The van der Waals surface area contributed by atoms with Gasteiger partial charge in [-0.05, 0) is 30.5 Å². The molecule has 1 aromatic carbocycles. The molecule has 0 unspecified atom stereocenters. The molecule has 0 fully saturated rings. The molecule has 3 aromatic rings. The van der Waals surface area contributed by atoms with Crippen LogP contribution in [-0.2, 0) is 6.61 Å². The van der Waals surface area contributed by atoms with E-state index >= 15 is 0 Å². The summed E-state index contributed by atoms with van der Waals surface area (Å²) in [5.74, 6) is 1.82. The summed E-state index contributed by atoms with van der Waals surface area (Å²) in [6, 6.07) is 11.1. The Balaban J connectivity index is 1.59. The van der Waals surface area contributed by atoms with Crippen LogP contribution >= 0.6 is 11.8 Å². The molecular weight excluding hydrogens is 326 g/mol. The highest BCUT2D eigenvalue weighted by molar-refractivity contribution is 7.98. The molecule has 6 nitrogen and oxygen atoms in total. The van der Waals surface area contributed by atoms with Crippen molar-refractivity contribution in [1.29, 1.82) is 0 Å². The van der Waals surface area contributed by atoms with E-state index < -0.39 is 0 Å². The zero-order valence-corrected chi connectivity index (χ0v) is 14.0. The van der Waals surface area contributed by atoms with Crippen molar-refractivity contribution in [3.05, 3.63) is 54.0 Å². The molecule has 2 heterocycles. The summed E-state index contributed by atoms with van der Waals surface area (Å²) in [6.45, 7) is 0.806. The third-order valence-corrected chi connectivity index (χ3v) is 3.95. The minimum absolute atomic E-state index is 0.205. The summed E-state index contributed by atoms with van der Waals surface area (Å²) in [7, 11) is 0. The quantitative estimate of drug-likeness (QED) is 0.665. The molecule has 7 heteroatoms. The van der Waals surface area contributed by atoms with Crippen molar-refractivity contribution < 1.29 is 14.1 Å². The first-order valence-corrected chi connectivity index (χ1v) is 8.86. The van der Waals surface area contributed by atoms with Crippen molar-refractivity contribution >= 4 is 28.6 Å². The standard InChI is InChI=1S/C17H17N3O3S/c1-24-8-7-19-17(21)16-10-14(23-20-16)11-22-13-4-5-15-12(9-13)3-2-6-18-15/h2-6,9-10H,7-8,11H2,1H3,(H,19,21). The Hall–Kier alpha value is -2.54. The van der Waals surface area contributed by atoms with Gasteiger partial charge in [-0.15, -0.1) is 0 Å². The monoisotopic (exact) mass is 343 g/mol. The first-order valence-electron chi connectivity index (χ1n) is 7.46. The zero-order valence-electron chi connectivity index (χ0n) is 13.2. The first-order chi connectivity index (χ1) is 11.8. The highest BCUT2D eigenvalue weighted by atomic mass is 32.2. The number of nitrogens with zero attached hydrogens (tertiary/aromatic N) is 2. The molecule has 0 saturated carbocycles. The number of benzene rings is 1. The van der Waals surface area contributed by atoms with Crippen LogP contribution < -0.4 is 10.1 Å². The molecule has 1 amide bonds. The maximum atomic E-state index is 11.9. The van der Waals surface area contributed by atoms with E-state index in [0.717, 1.165) is 16.7 Å². The molecule has 0 atom stereocenters. The Morgan fingerprint density at radius 3 is 3.12 bits per heavy atom. The number of amides is 1. The second-order valence-electron chi connectivity index (χ2n) is 5.07. The summed E-state index contributed by atoms with van der Waals surface area (Å²) in [6.07, 6.45) is 3.74. The molecule has 1 N–H and O–H groups in total. The first kappa shape index (κ1) is 16.3. The van der Waals surface area contributed by atoms with Gasteiger partial charge in [0.25, 0.3) is 5.91 Å². The van der Waals surface area contributed by atoms with Gasteiger partial charge < -0.3 is 14.6 Å². The van der Waals surface area contributed by atoms with Crippen LogP contribution in [0.3, 0.4) is 0 Å². The highest BCUT2D eigenvalue weighted by Gasteiger charge is 2.12. The van der Waals surface area contributed by atoms with Crippen LogP contribution in [0.4, 0.5) is 0 Å². The number of hydrogen-bond acceptors (Lipinski definition) is 6. The number of thioether (sulfide) groups is 1. The largest absolute Gasteiger partial charge is 0.486 e. The van der Waals surface area contributed by atoms with Gasteiger partial charge in [0.05, 0.1) is 5.52 Å². The van der Waals surface area contributed by atoms with Crippen LogP contribution in [0.15, 0.2) is 47.1 Å². The fourth-order valence-corrected chi connectivity index (χ4v) is 2.45. The van der Waals surface area contributed by atoms with E-state index in [-0.39, 0.29) is 18.2 Å². The number of aromatic nitrogens is 2. The van der Waals surface area contributed by atoms with Gasteiger partial charge in [-0.3, -0.25) is 9.78 Å². The van der Waals surface area contributed by atoms with Gasteiger partial charge in [-0.2, -0.15) is 11.8 Å². The maximum absolute atomic E-state index is 11.9. The Labute approximate surface area is 143 Å². The highest BCUT2D eigenvalue weighted by Crippen LogP contribution is 2.20. The lowest BCUT2D eigenvalue weighted by molar-refractivity contribution is 0.0947. The lowest BCUT2D eigenvalue weighted by Crippen LogP contribution is -2.25. The number of ether oxygens (including phenoxy) is 1. The summed E-state index contributed by atoms with van der Waals surface area (Å²) in [5.41, 5.74) is 1.17. The number of rotatable bonds is 7. The van der Waals surface area contributed by atoms with Crippen molar-refractivity contribution in [3.8, 4) is 5.75 Å². The van der Waals surface area contributed by atoms with Gasteiger partial charge in [0.15, 0.2) is 11.5 Å². The second kappa shape index (κ2) is 7.83. The lowest BCUT2D eigenvalue weighted by atomic mass is 10.2. The predicted molar refractivity (Wildman–Crippen MR) is 93.3 cm³/mol. The van der Waals surface area contributed by atoms with Crippen LogP contribution in [0.25, 0.3) is 10.9 Å². The predicted octanol–water partition coefficient (Wildman–Crippen LogP) is 2.89. The smallest absolute Gasteiger partial charge is 0.273 e. The number of nitrogens with one attached hydrogen (secondary N) is 1. The average Bonchev–Trinajstić information content (AvgIpc) is 3.09. The van der Waals surface area contributed by atoms with Gasteiger partial charge in [-0.25, -0.2) is 0 Å². The Morgan fingerprint density at radius 2 is 2.25 bits per heavy atom. The Morgan fingerprint density at radius 1 is 1.33 bits per heavy atom. The molecule has 0 aliphatic carbocycles. The fourth-order valence-electron chi connectivity index (χ4n) is 2.14. The van der Waals surface area contributed by atoms with E-state index in [4.69, 9.17) is 9.26 Å². The molecule has 0 aliphatic heterocycles. The number of fused-ring (bicyclic) bond motifs is 1. The van der Waals surface area contributed by atoms with E-state index in [0.29, 0.717) is 18.1 Å². The normalized spacial score (nSPS) is 10.7. The third kappa shape index (κ3) is 4.05. The van der Waals surface area contributed by atoms with E-state index in [1.165, 1.54) is 0 Å². The third-order valence-electron chi connectivity index (χ3n) is 3.34. The lowest BCUT2D eigenvalue weighted by Gasteiger charge is -2.04. The van der Waals surface area contributed by atoms with Gasteiger partial charge in [0, 0.05) is 29.9 Å². The topological polar surface area (TPSA) is 77.2 Å². The molecule has 0 aliphatic rings. The van der Waals surface area contributed by atoms with Crippen molar-refractivity contribution in [2.75, 3.05) is 18.6 Å². The summed E-state index contributed by atoms with van der Waals surface area (Å²) < 4.78 is 10.8. The van der Waals surface area contributed by atoms with Gasteiger partial charge >= 0.3 is 0 Å². The zero-order chi connectivity index (χ0) is 16.8. The van der Waals surface area contributed by atoms with Crippen molar-refractivity contribution in [2.24, 2.45) is 0 Å². The molecule has 24 heavy (non-hydrogen) atoms. The van der Waals surface area contributed by atoms with Crippen LogP contribution in [0.5, 0.6) is 5.75 Å². The van der Waals surface area contributed by atoms with Crippen molar-refractivity contribution in [3.63, 3.8) is 0 Å². The maximum Gasteiger partial charge on any atom is 0.273 e. The van der Waals surface area contributed by atoms with Crippen LogP contribution in [0.2, 0.25) is 0 Å². The van der Waals surface area contributed by atoms with E-state index in [1.807, 2.05) is 36.6 Å². The second-order valence-corrected chi connectivity index (χ2v) is 6.06. The van der Waals surface area contributed by atoms with Crippen LogP contribution in [0, 0.1) is 0 Å². The molecule has 0 spiro atoms. The molecule has 3 rings (SSSR count). The van der Waals surface area contributed by atoms with E-state index in [1.54, 1.807) is 24.0 Å². The molecule has 124 valence electrons. The number of pyridine rings is 1. The minimum atomic E-state index is -0.240. The van der Waals surface area contributed by atoms with Crippen LogP contribution in [-0.4, -0.2) is 34.6 Å². The molecular formula is C17H17N3O3S.